The van der Waals surface area contributed by atoms with Crippen molar-refractivity contribution in [3.63, 3.8) is 0 Å². The van der Waals surface area contributed by atoms with Crippen molar-refractivity contribution >= 4 is 11.6 Å². The molecule has 0 amide bonds. The first-order chi connectivity index (χ1) is 6.77. The lowest BCUT2D eigenvalue weighted by atomic mass is 10.3. The Morgan fingerprint density at radius 1 is 1.57 bits per heavy atom. The van der Waals surface area contributed by atoms with Gasteiger partial charge in [0, 0.05) is 0 Å². The van der Waals surface area contributed by atoms with E-state index in [1.165, 1.54) is 0 Å². The van der Waals surface area contributed by atoms with Crippen LogP contribution < -0.4 is 15.8 Å². The number of nitrogens with one attached hydrogen (secondary N) is 1. The number of anilines is 1. The van der Waals surface area contributed by atoms with Crippen LogP contribution >= 0.6 is 0 Å². The molecule has 0 saturated heterocycles. The van der Waals surface area contributed by atoms with Crippen LogP contribution in [0.15, 0.2) is 29.3 Å². The number of nitrogens with two attached hydrogens (primary N) is 1. The molecule has 3 N–H and O–H groups in total. The third kappa shape index (κ3) is 2.38. The third-order valence-electron chi connectivity index (χ3n) is 1.54. The summed E-state index contributed by atoms with van der Waals surface area (Å²) in [6, 6.07) is 7.22. The molecule has 0 aliphatic rings. The van der Waals surface area contributed by atoms with E-state index in [2.05, 4.69) is 10.3 Å². The van der Waals surface area contributed by atoms with Gasteiger partial charge in [0.2, 0.25) is 12.2 Å². The second-order valence-electron chi connectivity index (χ2n) is 2.42. The molecular formula is C9H10N4O. The topological polar surface area (TPSA) is 83.4 Å². The minimum Gasteiger partial charge on any atom is -0.495 e. The fourth-order valence-electron chi connectivity index (χ4n) is 0.968. The fraction of sp³-hybridized carbons (Fsp3) is 0.111. The monoisotopic (exact) mass is 190 g/mol. The van der Waals surface area contributed by atoms with Crippen molar-refractivity contribution in [2.75, 3.05) is 12.4 Å². The molecule has 0 unspecified atom stereocenters. The van der Waals surface area contributed by atoms with Gasteiger partial charge in [0.15, 0.2) is 0 Å². The molecule has 0 fully saturated rings. The number of benzene rings is 1. The van der Waals surface area contributed by atoms with E-state index in [-0.39, 0.29) is 5.96 Å². The number of nitrogens with zero attached hydrogens (tertiary/aromatic N) is 2. The molecule has 14 heavy (non-hydrogen) atoms. The number of guanidine groups is 1. The molecule has 0 saturated carbocycles. The first kappa shape index (κ1) is 9.86. The van der Waals surface area contributed by atoms with Crippen molar-refractivity contribution in [3.8, 4) is 11.9 Å². The summed E-state index contributed by atoms with van der Waals surface area (Å²) >= 11 is 0. The van der Waals surface area contributed by atoms with Gasteiger partial charge in [0.25, 0.3) is 0 Å². The summed E-state index contributed by atoms with van der Waals surface area (Å²) in [5.41, 5.74) is 6.07. The molecule has 0 aromatic heterocycles. The summed E-state index contributed by atoms with van der Waals surface area (Å²) in [5.74, 6) is 0.681. The Balaban J connectivity index is 2.87. The second kappa shape index (κ2) is 4.72. The van der Waals surface area contributed by atoms with Crippen LogP contribution in [0.4, 0.5) is 5.69 Å². The summed E-state index contributed by atoms with van der Waals surface area (Å²) < 4.78 is 5.07. The Kier molecular flexibility index (Phi) is 3.33. The summed E-state index contributed by atoms with van der Waals surface area (Å²) in [7, 11) is 1.55. The van der Waals surface area contributed by atoms with Crippen LogP contribution in [0.2, 0.25) is 0 Å². The first-order valence-corrected chi connectivity index (χ1v) is 3.90. The lowest BCUT2D eigenvalue weighted by Gasteiger charge is -2.08. The minimum absolute atomic E-state index is 0.0389. The van der Waals surface area contributed by atoms with Crippen LogP contribution in [0.3, 0.4) is 0 Å². The smallest absolute Gasteiger partial charge is 0.209 e. The normalized spacial score (nSPS) is 10.4. The summed E-state index contributed by atoms with van der Waals surface area (Å²) in [4.78, 5) is 3.33. The van der Waals surface area contributed by atoms with E-state index < -0.39 is 0 Å². The fourth-order valence-corrected chi connectivity index (χ4v) is 0.968. The predicted octanol–water partition coefficient (Wildman–Crippen LogP) is 0.903. The molecule has 1 aromatic carbocycles. The zero-order valence-electron chi connectivity index (χ0n) is 7.69. The highest BCUT2D eigenvalue weighted by Gasteiger charge is 2.01. The van der Waals surface area contributed by atoms with E-state index in [1.807, 2.05) is 12.1 Å². The standard InChI is InChI=1S/C9H10N4O/c1-14-8-5-3-2-4-7(8)13-9(11)12-6-10/h2-5H,1H3,(H3,11,12,13). The molecule has 5 heteroatoms. The number of aliphatic imine (C=N–C) groups is 1. The number of rotatable bonds is 2. The second-order valence-corrected chi connectivity index (χ2v) is 2.42. The molecule has 0 aliphatic heterocycles. The number of methoxy groups -OCH3 is 1. The summed E-state index contributed by atoms with van der Waals surface area (Å²) in [6.45, 7) is 0. The van der Waals surface area contributed by atoms with E-state index >= 15 is 0 Å². The highest BCUT2D eigenvalue weighted by molar-refractivity contribution is 5.94. The number of para-hydroxylation sites is 2. The highest BCUT2D eigenvalue weighted by Crippen LogP contribution is 2.22. The molecule has 1 rings (SSSR count). The molecule has 1 aromatic rings. The van der Waals surface area contributed by atoms with Gasteiger partial charge in [-0.1, -0.05) is 12.1 Å². The van der Waals surface area contributed by atoms with E-state index in [0.29, 0.717) is 11.4 Å². The van der Waals surface area contributed by atoms with Gasteiger partial charge in [-0.15, -0.1) is 4.99 Å². The van der Waals surface area contributed by atoms with E-state index in [9.17, 15) is 0 Å². The Hall–Kier alpha value is -2.22. The molecule has 0 bridgehead atoms. The lowest BCUT2D eigenvalue weighted by Crippen LogP contribution is -2.22. The molecule has 0 atom stereocenters. The van der Waals surface area contributed by atoms with Gasteiger partial charge in [-0.3, -0.25) is 0 Å². The number of ether oxygens (including phenoxy) is 1. The van der Waals surface area contributed by atoms with Gasteiger partial charge in [-0.25, -0.2) is 0 Å². The maximum atomic E-state index is 8.25. The van der Waals surface area contributed by atoms with Crippen LogP contribution in [0.1, 0.15) is 0 Å². The average molecular weight is 190 g/mol. The van der Waals surface area contributed by atoms with Crippen molar-refractivity contribution in [1.29, 1.82) is 5.26 Å². The number of hydrogen-bond donors (Lipinski definition) is 2. The maximum Gasteiger partial charge on any atom is 0.209 e. The van der Waals surface area contributed by atoms with Crippen molar-refractivity contribution in [2.45, 2.75) is 0 Å². The Morgan fingerprint density at radius 3 is 2.93 bits per heavy atom. The Bertz CT molecular complexity index is 381. The Labute approximate surface area is 81.8 Å². The molecule has 0 aliphatic carbocycles. The molecule has 72 valence electrons. The third-order valence-corrected chi connectivity index (χ3v) is 1.54. The minimum atomic E-state index is 0.0389. The van der Waals surface area contributed by atoms with Gasteiger partial charge in [0.1, 0.15) is 5.75 Å². The van der Waals surface area contributed by atoms with Crippen molar-refractivity contribution < 1.29 is 4.74 Å². The van der Waals surface area contributed by atoms with Gasteiger partial charge in [-0.2, -0.15) is 5.26 Å². The maximum absolute atomic E-state index is 8.25. The van der Waals surface area contributed by atoms with Crippen molar-refractivity contribution in [1.82, 2.24) is 0 Å². The van der Waals surface area contributed by atoms with Crippen LogP contribution in [-0.4, -0.2) is 13.1 Å². The quantitative estimate of drug-likeness (QED) is 0.412. The average Bonchev–Trinajstić information content (AvgIpc) is 2.19. The SMILES string of the molecule is COc1ccccc1N/C(N)=N\C#N. The van der Waals surface area contributed by atoms with Crippen molar-refractivity contribution in [3.05, 3.63) is 24.3 Å². The van der Waals surface area contributed by atoms with Crippen LogP contribution in [0.25, 0.3) is 0 Å². The zero-order chi connectivity index (χ0) is 10.4. The molecule has 0 spiro atoms. The van der Waals surface area contributed by atoms with Crippen LogP contribution in [0, 0.1) is 11.5 Å². The van der Waals surface area contributed by atoms with E-state index in [0.717, 1.165) is 0 Å². The van der Waals surface area contributed by atoms with E-state index in [4.69, 9.17) is 15.7 Å². The zero-order valence-corrected chi connectivity index (χ0v) is 7.69. The largest absolute Gasteiger partial charge is 0.495 e. The van der Waals surface area contributed by atoms with Crippen LogP contribution in [0.5, 0.6) is 5.75 Å². The van der Waals surface area contributed by atoms with Crippen LogP contribution in [-0.2, 0) is 0 Å². The first-order valence-electron chi connectivity index (χ1n) is 3.90. The van der Waals surface area contributed by atoms with Gasteiger partial charge in [-0.05, 0) is 12.1 Å². The van der Waals surface area contributed by atoms with Gasteiger partial charge in [0.05, 0.1) is 12.8 Å². The number of hydrogen-bond acceptors (Lipinski definition) is 3. The van der Waals surface area contributed by atoms with E-state index in [1.54, 1.807) is 25.4 Å². The molecule has 0 heterocycles. The highest BCUT2D eigenvalue weighted by atomic mass is 16.5. The summed E-state index contributed by atoms with van der Waals surface area (Å²) in [6.07, 6.45) is 1.58. The van der Waals surface area contributed by atoms with Gasteiger partial charge >= 0.3 is 0 Å². The van der Waals surface area contributed by atoms with Gasteiger partial charge < -0.3 is 15.8 Å². The predicted molar refractivity (Wildman–Crippen MR) is 53.9 cm³/mol. The lowest BCUT2D eigenvalue weighted by molar-refractivity contribution is 0.417. The number of nitriles is 1. The summed E-state index contributed by atoms with van der Waals surface area (Å²) in [5, 5.41) is 11.0. The molecular weight excluding hydrogens is 180 g/mol. The molecule has 5 nitrogen and oxygen atoms in total. The Morgan fingerprint density at radius 2 is 2.29 bits per heavy atom. The molecule has 0 radical (unpaired) electrons. The van der Waals surface area contributed by atoms with Crippen molar-refractivity contribution in [2.24, 2.45) is 10.7 Å².